The van der Waals surface area contributed by atoms with Crippen molar-refractivity contribution in [1.82, 2.24) is 10.4 Å². The van der Waals surface area contributed by atoms with Gasteiger partial charge in [0.1, 0.15) is 0 Å². The van der Waals surface area contributed by atoms with Gasteiger partial charge in [0.25, 0.3) is 0 Å². The number of fused-ring (bicyclic) bond motifs is 1. The number of hydrazine groups is 1. The summed E-state index contributed by atoms with van der Waals surface area (Å²) in [4.78, 5) is 16.4. The number of allylic oxidation sites excluding steroid dienone is 2. The minimum atomic E-state index is 0.0262. The predicted molar refractivity (Wildman–Crippen MR) is 85.0 cm³/mol. The van der Waals surface area contributed by atoms with Crippen molar-refractivity contribution in [1.29, 1.82) is 0 Å². The molecule has 2 N–H and O–H groups in total. The molecule has 0 unspecified atom stereocenters. The van der Waals surface area contributed by atoms with Gasteiger partial charge in [-0.25, -0.2) is 0 Å². The normalized spacial score (nSPS) is 17.7. The monoisotopic (exact) mass is 301 g/mol. The van der Waals surface area contributed by atoms with Crippen molar-refractivity contribution in [3.8, 4) is 0 Å². The number of carbonyl (C=O) groups is 1. The molecule has 0 spiro atoms. The Balaban J connectivity index is 1.73. The highest BCUT2D eigenvalue weighted by molar-refractivity contribution is 6.31. The Bertz CT molecular complexity index is 699. The number of halogens is 1. The highest BCUT2D eigenvalue weighted by atomic mass is 35.5. The first-order valence-corrected chi connectivity index (χ1v) is 7.37. The van der Waals surface area contributed by atoms with E-state index in [2.05, 4.69) is 28.0 Å². The second-order valence-corrected chi connectivity index (χ2v) is 5.55. The lowest BCUT2D eigenvalue weighted by Gasteiger charge is -2.18. The van der Waals surface area contributed by atoms with E-state index in [0.29, 0.717) is 5.02 Å². The summed E-state index contributed by atoms with van der Waals surface area (Å²) in [5.74, 6) is 0.0725. The quantitative estimate of drug-likeness (QED) is 0.671. The van der Waals surface area contributed by atoms with Gasteiger partial charge in [0.15, 0.2) is 0 Å². The average molecular weight is 302 g/mol. The molecule has 108 valence electrons. The van der Waals surface area contributed by atoms with Crippen molar-refractivity contribution in [3.63, 3.8) is 0 Å². The van der Waals surface area contributed by atoms with E-state index >= 15 is 0 Å². The zero-order chi connectivity index (χ0) is 14.7. The third-order valence-electron chi connectivity index (χ3n) is 3.66. The van der Waals surface area contributed by atoms with Gasteiger partial charge in [-0.05, 0) is 43.5 Å². The second-order valence-electron chi connectivity index (χ2n) is 5.12. The Kier molecular flexibility index (Phi) is 4.06. The van der Waals surface area contributed by atoms with E-state index < -0.39 is 0 Å². The van der Waals surface area contributed by atoms with Gasteiger partial charge in [0.2, 0.25) is 5.91 Å². The van der Waals surface area contributed by atoms with Gasteiger partial charge in [-0.3, -0.25) is 20.6 Å². The van der Waals surface area contributed by atoms with Crippen molar-refractivity contribution in [2.45, 2.75) is 19.3 Å². The summed E-state index contributed by atoms with van der Waals surface area (Å²) in [6, 6.07) is 7.33. The van der Waals surface area contributed by atoms with Gasteiger partial charge < -0.3 is 0 Å². The Morgan fingerprint density at radius 1 is 1.29 bits per heavy atom. The summed E-state index contributed by atoms with van der Waals surface area (Å²) >= 11 is 5.96. The molecule has 21 heavy (non-hydrogen) atoms. The minimum Gasteiger partial charge on any atom is -0.298 e. The van der Waals surface area contributed by atoms with Crippen LogP contribution in [0.15, 0.2) is 42.6 Å². The first kappa shape index (κ1) is 13.9. The minimum absolute atomic E-state index is 0.0262. The zero-order valence-electron chi connectivity index (χ0n) is 11.5. The highest BCUT2D eigenvalue weighted by Gasteiger charge is 2.18. The van der Waals surface area contributed by atoms with Gasteiger partial charge in [-0.1, -0.05) is 23.8 Å². The Hall–Kier alpha value is -2.07. The molecule has 1 aliphatic rings. The lowest BCUT2D eigenvalue weighted by molar-refractivity contribution is -0.124. The molecule has 2 aromatic rings. The third-order valence-corrected chi connectivity index (χ3v) is 3.90. The van der Waals surface area contributed by atoms with E-state index in [4.69, 9.17) is 11.6 Å². The molecule has 1 aliphatic carbocycles. The van der Waals surface area contributed by atoms with Crippen molar-refractivity contribution in [3.05, 3.63) is 47.6 Å². The predicted octanol–water partition coefficient (Wildman–Crippen LogP) is 3.69. The van der Waals surface area contributed by atoms with Crippen LogP contribution < -0.4 is 10.9 Å². The molecule has 0 radical (unpaired) electrons. The summed E-state index contributed by atoms with van der Waals surface area (Å²) in [6.45, 7) is 0. The van der Waals surface area contributed by atoms with Gasteiger partial charge in [-0.15, -0.1) is 0 Å². The maximum Gasteiger partial charge on any atom is 0.241 e. The molecule has 1 amide bonds. The van der Waals surface area contributed by atoms with Crippen LogP contribution in [0.3, 0.4) is 0 Å². The zero-order valence-corrected chi connectivity index (χ0v) is 12.2. The third kappa shape index (κ3) is 3.16. The summed E-state index contributed by atoms with van der Waals surface area (Å²) in [5, 5.41) is 1.57. The van der Waals surface area contributed by atoms with Gasteiger partial charge in [0, 0.05) is 22.5 Å². The number of hydrogen-bond acceptors (Lipinski definition) is 3. The molecule has 0 aliphatic heterocycles. The molecular weight excluding hydrogens is 286 g/mol. The molecule has 1 atom stereocenters. The van der Waals surface area contributed by atoms with Crippen LogP contribution in [0.1, 0.15) is 19.3 Å². The first-order chi connectivity index (χ1) is 10.2. The number of pyridine rings is 1. The SMILES string of the molecule is O=C(NNc1ccnc2cc(Cl)ccc12)[C@@H]1CC=CCC1. The Morgan fingerprint density at radius 2 is 2.19 bits per heavy atom. The molecule has 0 saturated heterocycles. The fraction of sp³-hybridized carbons (Fsp3) is 0.250. The average Bonchev–Trinajstić information content (AvgIpc) is 2.53. The highest BCUT2D eigenvalue weighted by Crippen LogP contribution is 2.24. The first-order valence-electron chi connectivity index (χ1n) is 6.99. The van der Waals surface area contributed by atoms with Crippen molar-refractivity contribution < 1.29 is 4.79 Å². The van der Waals surface area contributed by atoms with Gasteiger partial charge in [-0.2, -0.15) is 0 Å². The molecule has 1 aromatic heterocycles. The van der Waals surface area contributed by atoms with E-state index in [0.717, 1.165) is 35.9 Å². The number of benzene rings is 1. The fourth-order valence-electron chi connectivity index (χ4n) is 2.49. The van der Waals surface area contributed by atoms with Crippen LogP contribution in [-0.2, 0) is 4.79 Å². The molecular formula is C16H16ClN3O. The van der Waals surface area contributed by atoms with Gasteiger partial charge >= 0.3 is 0 Å². The van der Waals surface area contributed by atoms with Crippen LogP contribution in [0, 0.1) is 5.92 Å². The summed E-state index contributed by atoms with van der Waals surface area (Å²) in [5.41, 5.74) is 7.40. The number of rotatable bonds is 3. The number of hydrogen-bond donors (Lipinski definition) is 2. The molecule has 1 aromatic carbocycles. The molecule has 0 bridgehead atoms. The summed E-state index contributed by atoms with van der Waals surface area (Å²) in [7, 11) is 0. The van der Waals surface area contributed by atoms with Crippen molar-refractivity contribution in [2.75, 3.05) is 5.43 Å². The maximum absolute atomic E-state index is 12.1. The fourth-order valence-corrected chi connectivity index (χ4v) is 2.66. The number of nitrogens with one attached hydrogen (secondary N) is 2. The number of aromatic nitrogens is 1. The van der Waals surface area contributed by atoms with Crippen molar-refractivity contribution in [2.24, 2.45) is 5.92 Å². The van der Waals surface area contributed by atoms with E-state index in [1.165, 1.54) is 0 Å². The summed E-state index contributed by atoms with van der Waals surface area (Å²) < 4.78 is 0. The largest absolute Gasteiger partial charge is 0.298 e. The second kappa shape index (κ2) is 6.14. The van der Waals surface area contributed by atoms with Crippen LogP contribution >= 0.6 is 11.6 Å². The van der Waals surface area contributed by atoms with Crippen LogP contribution in [-0.4, -0.2) is 10.9 Å². The number of amides is 1. The molecule has 0 saturated carbocycles. The maximum atomic E-state index is 12.1. The molecule has 4 nitrogen and oxygen atoms in total. The molecule has 5 heteroatoms. The van der Waals surface area contributed by atoms with Crippen LogP contribution in [0.4, 0.5) is 5.69 Å². The lowest BCUT2D eigenvalue weighted by Crippen LogP contribution is -2.35. The lowest BCUT2D eigenvalue weighted by atomic mass is 9.94. The Labute approximate surface area is 128 Å². The smallest absolute Gasteiger partial charge is 0.241 e. The van der Waals surface area contributed by atoms with E-state index in [1.807, 2.05) is 18.2 Å². The van der Waals surface area contributed by atoms with E-state index in [9.17, 15) is 4.79 Å². The van der Waals surface area contributed by atoms with E-state index in [1.54, 1.807) is 12.3 Å². The van der Waals surface area contributed by atoms with Crippen molar-refractivity contribution >= 4 is 34.1 Å². The number of nitrogens with zero attached hydrogens (tertiary/aromatic N) is 1. The van der Waals surface area contributed by atoms with Crippen LogP contribution in [0.2, 0.25) is 5.02 Å². The van der Waals surface area contributed by atoms with Crippen LogP contribution in [0.5, 0.6) is 0 Å². The molecule has 1 heterocycles. The molecule has 0 fully saturated rings. The van der Waals surface area contributed by atoms with E-state index in [-0.39, 0.29) is 11.8 Å². The molecule has 3 rings (SSSR count). The summed E-state index contributed by atoms with van der Waals surface area (Å²) in [6.07, 6.45) is 8.55. The number of carbonyl (C=O) groups excluding carboxylic acids is 1. The topological polar surface area (TPSA) is 54.0 Å². The van der Waals surface area contributed by atoms with Gasteiger partial charge in [0.05, 0.1) is 11.2 Å². The van der Waals surface area contributed by atoms with Crippen LogP contribution in [0.25, 0.3) is 10.9 Å². The Morgan fingerprint density at radius 3 is 3.00 bits per heavy atom. The number of anilines is 1. The standard InChI is InChI=1S/C16H16ClN3O/c17-12-6-7-13-14(8-9-18-15(13)10-12)19-20-16(21)11-4-2-1-3-5-11/h1-2,6-11H,3-5H2,(H,18,19)(H,20,21)/t11-/m1/s1.